The molecule has 0 aromatic carbocycles. The van der Waals surface area contributed by atoms with Crippen molar-refractivity contribution in [2.24, 2.45) is 7.05 Å². The summed E-state index contributed by atoms with van der Waals surface area (Å²) in [5.74, 6) is 0.405. The molecule has 1 N–H and O–H groups in total. The van der Waals surface area contributed by atoms with Gasteiger partial charge in [0.2, 0.25) is 17.6 Å². The molecule has 0 aliphatic heterocycles. The number of nitrogens with one attached hydrogen (secondary N) is 1. The average molecular weight is 404 g/mol. The summed E-state index contributed by atoms with van der Waals surface area (Å²) in [5, 5.41) is 10.2. The average Bonchev–Trinajstić information content (AvgIpc) is 3.20. The Morgan fingerprint density at radius 3 is 2.86 bits per heavy atom. The third-order valence-corrected chi connectivity index (χ3v) is 4.32. The van der Waals surface area contributed by atoms with Crippen LogP contribution in [-0.4, -0.2) is 36.9 Å². The van der Waals surface area contributed by atoms with E-state index >= 15 is 0 Å². The van der Waals surface area contributed by atoms with E-state index in [9.17, 15) is 13.6 Å². The van der Waals surface area contributed by atoms with E-state index in [1.54, 1.807) is 25.3 Å². The fourth-order valence-corrected chi connectivity index (χ4v) is 2.64. The van der Waals surface area contributed by atoms with Crippen molar-refractivity contribution in [3.8, 4) is 17.3 Å². The van der Waals surface area contributed by atoms with Crippen LogP contribution in [0.15, 0.2) is 28.9 Å². The van der Waals surface area contributed by atoms with Crippen LogP contribution >= 0.6 is 0 Å². The van der Waals surface area contributed by atoms with E-state index in [4.69, 9.17) is 9.26 Å². The highest BCUT2D eigenvalue weighted by Gasteiger charge is 2.25. The normalized spacial score (nSPS) is 14.8. The van der Waals surface area contributed by atoms with Crippen molar-refractivity contribution >= 4 is 5.91 Å². The Hall–Kier alpha value is -3.37. The van der Waals surface area contributed by atoms with Crippen molar-refractivity contribution in [1.82, 2.24) is 30.2 Å². The van der Waals surface area contributed by atoms with Crippen molar-refractivity contribution in [2.45, 2.75) is 38.3 Å². The van der Waals surface area contributed by atoms with Gasteiger partial charge < -0.3 is 14.6 Å². The number of alkyl halides is 2. The van der Waals surface area contributed by atoms with Crippen LogP contribution in [-0.2, 0) is 7.05 Å². The first-order valence-corrected chi connectivity index (χ1v) is 9.00. The fraction of sp³-hybridized carbons (Fsp3) is 0.389. The number of hydrogen-bond acceptors (Lipinski definition) is 7. The number of pyridine rings is 1. The molecule has 152 valence electrons. The zero-order valence-electron chi connectivity index (χ0n) is 15.7. The van der Waals surface area contributed by atoms with Gasteiger partial charge in [-0.15, -0.1) is 0 Å². The molecule has 0 spiro atoms. The summed E-state index contributed by atoms with van der Waals surface area (Å²) in [7, 11) is 1.42. The lowest BCUT2D eigenvalue weighted by Crippen LogP contribution is -2.28. The van der Waals surface area contributed by atoms with Gasteiger partial charge in [-0.3, -0.25) is 9.48 Å². The molecule has 3 aromatic rings. The first kappa shape index (κ1) is 19.0. The van der Waals surface area contributed by atoms with Crippen molar-refractivity contribution in [2.75, 3.05) is 0 Å². The Bertz CT molecular complexity index is 1030. The Balaban J connectivity index is 1.45. The molecule has 0 radical (unpaired) electrons. The standard InChI is InChI=1S/C18H18F2N6O3/c1-9(22-17(27)13-8-12(15(19)20)24-26(13)2)18-23-16(25-29-18)10-5-6-21-14(7-10)28-11-3-4-11/h5-9,11,15H,3-4H2,1-2H3,(H,22,27)/t9-/m0/s1. The van der Waals surface area contributed by atoms with Gasteiger partial charge >= 0.3 is 0 Å². The molecule has 0 bridgehead atoms. The van der Waals surface area contributed by atoms with Gasteiger partial charge in [0.05, 0.1) is 0 Å². The van der Waals surface area contributed by atoms with Crippen LogP contribution in [0.25, 0.3) is 11.4 Å². The second-order valence-corrected chi connectivity index (χ2v) is 6.73. The molecule has 3 aromatic heterocycles. The van der Waals surface area contributed by atoms with Crippen molar-refractivity contribution in [1.29, 1.82) is 0 Å². The Morgan fingerprint density at radius 2 is 2.17 bits per heavy atom. The Labute approximate surface area is 164 Å². The largest absolute Gasteiger partial charge is 0.474 e. The maximum atomic E-state index is 12.8. The van der Waals surface area contributed by atoms with E-state index in [1.807, 2.05) is 0 Å². The minimum atomic E-state index is -2.76. The van der Waals surface area contributed by atoms with Crippen molar-refractivity contribution < 1.29 is 22.8 Å². The molecule has 11 heteroatoms. The van der Waals surface area contributed by atoms with E-state index in [-0.39, 0.29) is 17.7 Å². The number of aryl methyl sites for hydroxylation is 1. The van der Waals surface area contributed by atoms with Crippen molar-refractivity contribution in [3.05, 3.63) is 41.7 Å². The number of amides is 1. The molecule has 4 rings (SSSR count). The van der Waals surface area contributed by atoms with Gasteiger partial charge in [-0.25, -0.2) is 13.8 Å². The monoisotopic (exact) mass is 404 g/mol. The fourth-order valence-electron chi connectivity index (χ4n) is 2.64. The van der Waals surface area contributed by atoms with E-state index in [2.05, 4.69) is 25.5 Å². The van der Waals surface area contributed by atoms with Crippen LogP contribution in [0.2, 0.25) is 0 Å². The number of aromatic nitrogens is 5. The summed E-state index contributed by atoms with van der Waals surface area (Å²) in [6.07, 6.45) is 1.09. The molecule has 1 fully saturated rings. The van der Waals surface area contributed by atoms with Crippen LogP contribution in [0.3, 0.4) is 0 Å². The lowest BCUT2D eigenvalue weighted by molar-refractivity contribution is 0.0923. The first-order chi connectivity index (χ1) is 13.9. The van der Waals surface area contributed by atoms with E-state index < -0.39 is 24.1 Å². The molecule has 1 amide bonds. The SMILES string of the molecule is C[C@H](NC(=O)c1cc(C(F)F)nn1C)c1nc(-c2ccnc(OC3CC3)c2)no1. The predicted octanol–water partition coefficient (Wildman–Crippen LogP) is 2.83. The molecule has 29 heavy (non-hydrogen) atoms. The highest BCUT2D eigenvalue weighted by molar-refractivity contribution is 5.92. The summed E-state index contributed by atoms with van der Waals surface area (Å²) in [5.41, 5.74) is 0.201. The molecule has 0 unspecified atom stereocenters. The minimum Gasteiger partial charge on any atom is -0.474 e. The van der Waals surface area contributed by atoms with Gasteiger partial charge in [-0.2, -0.15) is 10.1 Å². The van der Waals surface area contributed by atoms with E-state index in [1.165, 1.54) is 7.05 Å². The number of halogens is 2. The molecule has 1 aliphatic rings. The lowest BCUT2D eigenvalue weighted by Gasteiger charge is -2.09. The van der Waals surface area contributed by atoms with Crippen LogP contribution in [0.1, 0.15) is 54.3 Å². The number of carbonyl (C=O) groups is 1. The van der Waals surface area contributed by atoms with Gasteiger partial charge in [-0.1, -0.05) is 5.16 Å². The molecule has 1 aliphatic carbocycles. The molecule has 1 atom stereocenters. The van der Waals surface area contributed by atoms with Crippen LogP contribution in [0.4, 0.5) is 8.78 Å². The second-order valence-electron chi connectivity index (χ2n) is 6.73. The minimum absolute atomic E-state index is 0.00268. The third kappa shape index (κ3) is 4.23. The summed E-state index contributed by atoms with van der Waals surface area (Å²) >= 11 is 0. The van der Waals surface area contributed by atoms with Gasteiger partial charge in [0.25, 0.3) is 12.3 Å². The van der Waals surface area contributed by atoms with Gasteiger partial charge in [0.1, 0.15) is 23.5 Å². The number of rotatable bonds is 7. The highest BCUT2D eigenvalue weighted by atomic mass is 19.3. The molecule has 0 saturated heterocycles. The maximum Gasteiger partial charge on any atom is 0.282 e. The number of hydrogen-bond donors (Lipinski definition) is 1. The molecule has 1 saturated carbocycles. The van der Waals surface area contributed by atoms with Gasteiger partial charge in [0.15, 0.2) is 0 Å². The summed E-state index contributed by atoms with van der Waals surface area (Å²) in [6, 6.07) is 3.85. The smallest absolute Gasteiger partial charge is 0.282 e. The van der Waals surface area contributed by atoms with Crippen LogP contribution in [0.5, 0.6) is 5.88 Å². The highest BCUT2D eigenvalue weighted by Crippen LogP contribution is 2.28. The molecular weight excluding hydrogens is 386 g/mol. The zero-order valence-corrected chi connectivity index (χ0v) is 15.7. The third-order valence-electron chi connectivity index (χ3n) is 4.32. The zero-order chi connectivity index (χ0) is 20.5. The number of ether oxygens (including phenoxy) is 1. The summed E-state index contributed by atoms with van der Waals surface area (Å²) in [4.78, 5) is 20.8. The van der Waals surface area contributed by atoms with Crippen molar-refractivity contribution in [3.63, 3.8) is 0 Å². The molecular formula is C18H18F2N6O3. The lowest BCUT2D eigenvalue weighted by atomic mass is 10.2. The van der Waals surface area contributed by atoms with Gasteiger partial charge in [0, 0.05) is 24.9 Å². The van der Waals surface area contributed by atoms with E-state index in [0.717, 1.165) is 23.6 Å². The number of nitrogens with zero attached hydrogens (tertiary/aromatic N) is 5. The summed E-state index contributed by atoms with van der Waals surface area (Å²) < 4.78 is 37.5. The quantitative estimate of drug-likeness (QED) is 0.645. The van der Waals surface area contributed by atoms with Crippen LogP contribution in [0, 0.1) is 0 Å². The topological polar surface area (TPSA) is 108 Å². The molecule has 3 heterocycles. The maximum absolute atomic E-state index is 12.8. The number of carbonyl (C=O) groups excluding carboxylic acids is 1. The molecule has 9 nitrogen and oxygen atoms in total. The second kappa shape index (κ2) is 7.57. The predicted molar refractivity (Wildman–Crippen MR) is 95.2 cm³/mol. The Kier molecular flexibility index (Phi) is 4.95. The van der Waals surface area contributed by atoms with Gasteiger partial charge in [-0.05, 0) is 31.9 Å². The summed E-state index contributed by atoms with van der Waals surface area (Å²) in [6.45, 7) is 1.65. The van der Waals surface area contributed by atoms with Crippen LogP contribution < -0.4 is 10.1 Å². The first-order valence-electron chi connectivity index (χ1n) is 9.00. The Morgan fingerprint density at radius 1 is 1.38 bits per heavy atom. The van der Waals surface area contributed by atoms with E-state index in [0.29, 0.717) is 17.3 Å².